The van der Waals surface area contributed by atoms with Crippen molar-refractivity contribution in [1.29, 1.82) is 0 Å². The Morgan fingerprint density at radius 1 is 1.26 bits per heavy atom. The zero-order valence-electron chi connectivity index (χ0n) is 17.1. The minimum absolute atomic E-state index is 0.115. The van der Waals surface area contributed by atoms with Gasteiger partial charge in [-0.2, -0.15) is 0 Å². The molecule has 1 aliphatic rings. The van der Waals surface area contributed by atoms with E-state index in [0.717, 1.165) is 36.0 Å². The fraction of sp³-hybridized carbons (Fsp3) is 0.684. The third-order valence-electron chi connectivity index (χ3n) is 4.63. The van der Waals surface area contributed by atoms with Crippen molar-refractivity contribution in [3.8, 4) is 0 Å². The highest BCUT2D eigenvalue weighted by Crippen LogP contribution is 2.44. The van der Waals surface area contributed by atoms with Crippen LogP contribution in [0, 0.1) is 5.41 Å². The maximum Gasteiger partial charge on any atom is 0.341 e. The Kier molecular flexibility index (Phi) is 5.84. The van der Waals surface area contributed by atoms with Crippen molar-refractivity contribution >= 4 is 38.1 Å². The summed E-state index contributed by atoms with van der Waals surface area (Å²) in [6.07, 6.45) is 3.48. The summed E-state index contributed by atoms with van der Waals surface area (Å²) < 4.78 is 28.9. The first kappa shape index (κ1) is 21.9. The number of carbonyl (C=O) groups is 2. The van der Waals surface area contributed by atoms with Crippen LogP contribution in [0.3, 0.4) is 0 Å². The number of amides is 1. The molecular formula is C19H29NO5S2. The number of fused-ring (bicyclic) bond motifs is 1. The summed E-state index contributed by atoms with van der Waals surface area (Å²) in [4.78, 5) is 26.3. The second-order valence-corrected chi connectivity index (χ2v) is 12.5. The predicted molar refractivity (Wildman–Crippen MR) is 108 cm³/mol. The molecule has 0 aromatic carbocycles. The molecular weight excluding hydrogens is 386 g/mol. The molecule has 0 aliphatic heterocycles. The first-order valence-electron chi connectivity index (χ1n) is 8.98. The standard InChI is InChI=1S/C19H29NO5S2/c1-11(27(7,23)24)15(21)20-16-14(17(22)25-18(2,3)4)12-8-9-19(5,6)10-13(12)26-16/h11H,8-10H2,1-7H3,(H,20,21)/t11-/m0/s1. The Morgan fingerprint density at radius 3 is 2.37 bits per heavy atom. The molecule has 0 radical (unpaired) electrons. The molecule has 1 N–H and O–H groups in total. The van der Waals surface area contributed by atoms with Crippen molar-refractivity contribution in [3.63, 3.8) is 0 Å². The Hall–Kier alpha value is -1.41. The SMILES string of the molecule is C[C@@H](C(=O)Nc1sc2c(c1C(=O)OC(C)(C)C)CCC(C)(C)C2)S(C)(=O)=O. The second kappa shape index (κ2) is 7.20. The van der Waals surface area contributed by atoms with E-state index in [-0.39, 0.29) is 5.41 Å². The van der Waals surface area contributed by atoms with Gasteiger partial charge in [-0.1, -0.05) is 13.8 Å². The number of sulfone groups is 1. The van der Waals surface area contributed by atoms with Crippen LogP contribution >= 0.6 is 11.3 Å². The van der Waals surface area contributed by atoms with Crippen molar-refractivity contribution in [2.45, 2.75) is 71.7 Å². The topological polar surface area (TPSA) is 89.5 Å². The molecule has 1 aromatic rings. The number of hydrogen-bond acceptors (Lipinski definition) is 6. The Labute approximate surface area is 165 Å². The summed E-state index contributed by atoms with van der Waals surface area (Å²) in [6.45, 7) is 11.1. The highest BCUT2D eigenvalue weighted by molar-refractivity contribution is 7.92. The molecule has 1 amide bonds. The van der Waals surface area contributed by atoms with Crippen molar-refractivity contribution in [2.75, 3.05) is 11.6 Å². The molecule has 8 heteroatoms. The van der Waals surface area contributed by atoms with E-state index in [0.29, 0.717) is 10.6 Å². The number of esters is 1. The zero-order chi connectivity index (χ0) is 20.8. The molecule has 0 unspecified atom stereocenters. The van der Waals surface area contributed by atoms with Gasteiger partial charge in [0.05, 0.1) is 5.56 Å². The molecule has 2 rings (SSSR count). The van der Waals surface area contributed by atoms with Gasteiger partial charge in [-0.05, 0) is 57.9 Å². The lowest BCUT2D eigenvalue weighted by atomic mass is 9.77. The Balaban J connectivity index is 2.45. The van der Waals surface area contributed by atoms with Crippen molar-refractivity contribution < 1.29 is 22.7 Å². The molecule has 0 fully saturated rings. The first-order chi connectivity index (χ1) is 12.1. The Bertz CT molecular complexity index is 859. The summed E-state index contributed by atoms with van der Waals surface area (Å²) in [6, 6.07) is 0. The lowest BCUT2D eigenvalue weighted by Gasteiger charge is -2.29. The minimum atomic E-state index is -3.53. The maximum absolute atomic E-state index is 12.8. The molecule has 1 aromatic heterocycles. The fourth-order valence-corrected chi connectivity index (χ4v) is 4.89. The van der Waals surface area contributed by atoms with Gasteiger partial charge >= 0.3 is 5.97 Å². The number of carbonyl (C=O) groups excluding carboxylic acids is 2. The van der Waals surface area contributed by atoms with Gasteiger partial charge in [-0.15, -0.1) is 11.3 Å². The third-order valence-corrected chi connectivity index (χ3v) is 7.28. The third kappa shape index (κ3) is 5.31. The number of ether oxygens (including phenoxy) is 1. The van der Waals surface area contributed by atoms with Gasteiger partial charge < -0.3 is 10.1 Å². The average Bonchev–Trinajstić information content (AvgIpc) is 2.79. The number of anilines is 1. The molecule has 152 valence electrons. The molecule has 1 atom stereocenters. The van der Waals surface area contributed by atoms with Crippen LogP contribution in [0.25, 0.3) is 0 Å². The summed E-state index contributed by atoms with van der Waals surface area (Å²) in [5.41, 5.74) is 0.733. The largest absolute Gasteiger partial charge is 0.456 e. The summed E-state index contributed by atoms with van der Waals surface area (Å²) in [7, 11) is -3.53. The van der Waals surface area contributed by atoms with Crippen LogP contribution in [0.5, 0.6) is 0 Å². The number of nitrogens with one attached hydrogen (secondary N) is 1. The van der Waals surface area contributed by atoms with Gasteiger partial charge in [0.15, 0.2) is 9.84 Å². The van der Waals surface area contributed by atoms with E-state index in [4.69, 9.17) is 4.74 Å². The molecule has 27 heavy (non-hydrogen) atoms. The molecule has 0 spiro atoms. The van der Waals surface area contributed by atoms with Gasteiger partial charge in [0.1, 0.15) is 15.9 Å². The highest BCUT2D eigenvalue weighted by atomic mass is 32.2. The van der Waals surface area contributed by atoms with Gasteiger partial charge in [-0.3, -0.25) is 4.79 Å². The number of thiophene rings is 1. The molecule has 0 saturated heterocycles. The molecule has 1 aliphatic carbocycles. The average molecular weight is 416 g/mol. The van der Waals surface area contributed by atoms with Crippen molar-refractivity contribution in [3.05, 3.63) is 16.0 Å². The summed E-state index contributed by atoms with van der Waals surface area (Å²) in [5.74, 6) is -1.12. The molecule has 6 nitrogen and oxygen atoms in total. The van der Waals surface area contributed by atoms with Crippen LogP contribution in [0.15, 0.2) is 0 Å². The van der Waals surface area contributed by atoms with Crippen LogP contribution < -0.4 is 5.32 Å². The maximum atomic E-state index is 12.8. The van der Waals surface area contributed by atoms with E-state index < -0.39 is 32.6 Å². The summed E-state index contributed by atoms with van der Waals surface area (Å²) >= 11 is 1.35. The quantitative estimate of drug-likeness (QED) is 0.759. The van der Waals surface area contributed by atoms with Crippen LogP contribution in [0.1, 0.15) is 68.8 Å². The van der Waals surface area contributed by atoms with Gasteiger partial charge in [0.2, 0.25) is 5.91 Å². The van der Waals surface area contributed by atoms with Crippen LogP contribution in [-0.4, -0.2) is 37.4 Å². The lowest BCUT2D eigenvalue weighted by molar-refractivity contribution is -0.115. The lowest BCUT2D eigenvalue weighted by Crippen LogP contribution is -2.32. The van der Waals surface area contributed by atoms with E-state index in [1.807, 2.05) is 0 Å². The van der Waals surface area contributed by atoms with E-state index in [2.05, 4.69) is 19.2 Å². The van der Waals surface area contributed by atoms with E-state index in [1.165, 1.54) is 18.3 Å². The number of hydrogen-bond donors (Lipinski definition) is 1. The molecule has 1 heterocycles. The predicted octanol–water partition coefficient (Wildman–Crippen LogP) is 3.59. The fourth-order valence-electron chi connectivity index (χ4n) is 2.95. The van der Waals surface area contributed by atoms with Crippen LogP contribution in [0.2, 0.25) is 0 Å². The smallest absolute Gasteiger partial charge is 0.341 e. The number of rotatable bonds is 4. The van der Waals surface area contributed by atoms with Crippen LogP contribution in [0.4, 0.5) is 5.00 Å². The second-order valence-electron chi connectivity index (χ2n) is 9.01. The van der Waals surface area contributed by atoms with E-state index >= 15 is 0 Å². The summed E-state index contributed by atoms with van der Waals surface area (Å²) in [5, 5.41) is 1.85. The Morgan fingerprint density at radius 2 is 1.85 bits per heavy atom. The zero-order valence-corrected chi connectivity index (χ0v) is 18.7. The van der Waals surface area contributed by atoms with E-state index in [9.17, 15) is 18.0 Å². The van der Waals surface area contributed by atoms with Gasteiger partial charge in [0, 0.05) is 11.1 Å². The van der Waals surface area contributed by atoms with Crippen LogP contribution in [-0.2, 0) is 32.2 Å². The minimum Gasteiger partial charge on any atom is -0.456 e. The first-order valence-corrected chi connectivity index (χ1v) is 11.8. The van der Waals surface area contributed by atoms with Crippen molar-refractivity contribution in [1.82, 2.24) is 0 Å². The van der Waals surface area contributed by atoms with E-state index in [1.54, 1.807) is 20.8 Å². The normalized spacial score (nSPS) is 17.7. The highest BCUT2D eigenvalue weighted by Gasteiger charge is 2.35. The van der Waals surface area contributed by atoms with Gasteiger partial charge in [0.25, 0.3) is 0 Å². The molecule has 0 saturated carbocycles. The van der Waals surface area contributed by atoms with Gasteiger partial charge in [-0.25, -0.2) is 13.2 Å². The molecule has 0 bridgehead atoms. The van der Waals surface area contributed by atoms with Crippen molar-refractivity contribution in [2.24, 2.45) is 5.41 Å². The monoisotopic (exact) mass is 415 g/mol.